The lowest BCUT2D eigenvalue weighted by Gasteiger charge is -2.29. The van der Waals surface area contributed by atoms with Crippen LogP contribution in [0.2, 0.25) is 0 Å². The van der Waals surface area contributed by atoms with Gasteiger partial charge in [0.15, 0.2) is 5.58 Å². The Bertz CT molecular complexity index is 3010. The number of rotatable bonds is 7. The van der Waals surface area contributed by atoms with Crippen LogP contribution >= 0.6 is 0 Å². The Morgan fingerprint density at radius 3 is 1.73 bits per heavy atom. The normalized spacial score (nSPS) is 11.7. The first-order chi connectivity index (χ1) is 27.8. The fraction of sp³-hybridized carbons (Fsp3) is 0. The summed E-state index contributed by atoms with van der Waals surface area (Å²) in [5, 5.41) is 4.37. The van der Waals surface area contributed by atoms with Crippen molar-refractivity contribution in [2.75, 3.05) is 9.80 Å². The molecule has 0 amide bonds. The molecule has 1 aliphatic rings. The van der Waals surface area contributed by atoms with Crippen molar-refractivity contribution in [2.24, 2.45) is 0 Å². The van der Waals surface area contributed by atoms with Crippen molar-refractivity contribution in [3.8, 4) is 33.8 Å². The number of para-hydroxylation sites is 4. The maximum Gasteiger partial charge on any atom is 0.159 e. The lowest BCUT2D eigenvalue weighted by atomic mass is 9.93. The molecule has 0 spiro atoms. The van der Waals surface area contributed by atoms with E-state index in [1.165, 1.54) is 5.56 Å². The number of nitrogens with zero attached hydrogens (tertiary/aromatic N) is 2. The first-order valence-corrected chi connectivity index (χ1v) is 18.9. The van der Waals surface area contributed by atoms with Crippen molar-refractivity contribution >= 4 is 66.8 Å². The van der Waals surface area contributed by atoms with E-state index in [9.17, 15) is 0 Å². The Morgan fingerprint density at radius 1 is 0.357 bits per heavy atom. The molecule has 2 heterocycles. The number of hydrogen-bond acceptors (Lipinski definition) is 4. The van der Waals surface area contributed by atoms with E-state index >= 15 is 0 Å². The van der Waals surface area contributed by atoms with Crippen LogP contribution in [0.4, 0.5) is 34.1 Å². The van der Waals surface area contributed by atoms with Crippen LogP contribution in [-0.2, 0) is 0 Å². The summed E-state index contributed by atoms with van der Waals surface area (Å²) in [6, 6.07) is 72.4. The number of benzene rings is 9. The van der Waals surface area contributed by atoms with Gasteiger partial charge in [-0.1, -0.05) is 127 Å². The van der Waals surface area contributed by atoms with E-state index in [4.69, 9.17) is 9.15 Å². The average Bonchev–Trinajstić information content (AvgIpc) is 3.65. The van der Waals surface area contributed by atoms with Gasteiger partial charge in [0, 0.05) is 56.6 Å². The summed E-state index contributed by atoms with van der Waals surface area (Å²) in [4.78, 5) is 4.56. The van der Waals surface area contributed by atoms with Crippen molar-refractivity contribution in [1.29, 1.82) is 0 Å². The molecule has 1 aromatic heterocycles. The Morgan fingerprint density at radius 2 is 0.964 bits per heavy atom. The molecule has 56 heavy (non-hydrogen) atoms. The molecule has 0 fully saturated rings. The van der Waals surface area contributed by atoms with Gasteiger partial charge in [-0.25, -0.2) is 0 Å². The Balaban J connectivity index is 1.08. The standard InChI is InChI=1S/C52H34N2O2/c1-4-14-35(15-5-1)36-26-28-40(29-27-36)54(47-24-13-23-46-43-21-10-11-25-48(43)56-52(46)47)42-32-37-16-12-22-45-44-31-30-41(33-49(44)55-50(34-42)51(37)45)53(38-17-6-2-7-18-38)39-19-8-3-9-20-39/h1-34H. The van der Waals surface area contributed by atoms with Crippen molar-refractivity contribution < 1.29 is 9.15 Å². The molecule has 10 aromatic rings. The van der Waals surface area contributed by atoms with Crippen LogP contribution in [0.1, 0.15) is 0 Å². The van der Waals surface area contributed by atoms with Gasteiger partial charge in [0.2, 0.25) is 0 Å². The molecular weight excluding hydrogens is 685 g/mol. The lowest BCUT2D eigenvalue weighted by Crippen LogP contribution is -2.11. The molecule has 0 saturated carbocycles. The monoisotopic (exact) mass is 718 g/mol. The fourth-order valence-corrected chi connectivity index (χ4v) is 8.25. The summed E-state index contributed by atoms with van der Waals surface area (Å²) >= 11 is 0. The predicted molar refractivity (Wildman–Crippen MR) is 232 cm³/mol. The first kappa shape index (κ1) is 31.9. The number of ether oxygens (including phenoxy) is 1. The lowest BCUT2D eigenvalue weighted by molar-refractivity contribution is 0.487. The summed E-state index contributed by atoms with van der Waals surface area (Å²) in [5.74, 6) is 1.63. The Hall–Kier alpha value is -7.56. The molecule has 0 N–H and O–H groups in total. The highest BCUT2D eigenvalue weighted by Gasteiger charge is 2.26. The van der Waals surface area contributed by atoms with E-state index < -0.39 is 0 Å². The summed E-state index contributed by atoms with van der Waals surface area (Å²) in [7, 11) is 0. The van der Waals surface area contributed by atoms with Crippen molar-refractivity contribution in [3.63, 3.8) is 0 Å². The van der Waals surface area contributed by atoms with Gasteiger partial charge in [-0.2, -0.15) is 0 Å². The highest BCUT2D eigenvalue weighted by Crippen LogP contribution is 2.52. The van der Waals surface area contributed by atoms with Crippen molar-refractivity contribution in [3.05, 3.63) is 206 Å². The topological polar surface area (TPSA) is 28.9 Å². The molecule has 11 rings (SSSR count). The minimum Gasteiger partial charge on any atom is -0.456 e. The molecule has 0 radical (unpaired) electrons. The molecule has 9 aromatic carbocycles. The minimum absolute atomic E-state index is 0.811. The third-order valence-electron chi connectivity index (χ3n) is 10.8. The molecule has 264 valence electrons. The number of furan rings is 1. The molecule has 0 bridgehead atoms. The number of hydrogen-bond donors (Lipinski definition) is 0. The summed E-state index contributed by atoms with van der Waals surface area (Å²) in [5.41, 5.74) is 12.4. The van der Waals surface area contributed by atoms with E-state index in [2.05, 4.69) is 192 Å². The Kier molecular flexibility index (Phi) is 7.46. The van der Waals surface area contributed by atoms with Crippen LogP contribution in [-0.4, -0.2) is 0 Å². The third-order valence-corrected chi connectivity index (χ3v) is 10.8. The van der Waals surface area contributed by atoms with Crippen molar-refractivity contribution in [2.45, 2.75) is 0 Å². The smallest absolute Gasteiger partial charge is 0.159 e. The van der Waals surface area contributed by atoms with Gasteiger partial charge in [0.25, 0.3) is 0 Å². The van der Waals surface area contributed by atoms with Gasteiger partial charge in [0.1, 0.15) is 17.1 Å². The summed E-state index contributed by atoms with van der Waals surface area (Å²) in [6.07, 6.45) is 0. The summed E-state index contributed by atoms with van der Waals surface area (Å²) < 4.78 is 13.7. The molecule has 4 nitrogen and oxygen atoms in total. The zero-order valence-corrected chi connectivity index (χ0v) is 30.3. The van der Waals surface area contributed by atoms with Crippen LogP contribution in [0.25, 0.3) is 55.0 Å². The van der Waals surface area contributed by atoms with E-state index in [1.54, 1.807) is 0 Å². The molecule has 0 aliphatic carbocycles. The second-order valence-corrected chi connectivity index (χ2v) is 14.1. The van der Waals surface area contributed by atoms with Gasteiger partial charge in [-0.15, -0.1) is 0 Å². The molecule has 4 heteroatoms. The average molecular weight is 719 g/mol. The van der Waals surface area contributed by atoms with Crippen LogP contribution in [0, 0.1) is 0 Å². The van der Waals surface area contributed by atoms with E-state index in [-0.39, 0.29) is 0 Å². The largest absolute Gasteiger partial charge is 0.456 e. The molecular formula is C52H34N2O2. The maximum absolute atomic E-state index is 7.01. The van der Waals surface area contributed by atoms with Gasteiger partial charge < -0.3 is 19.0 Å². The zero-order chi connectivity index (χ0) is 37.0. The molecule has 0 unspecified atom stereocenters. The molecule has 0 saturated heterocycles. The van der Waals surface area contributed by atoms with Crippen LogP contribution < -0.4 is 14.5 Å². The highest BCUT2D eigenvalue weighted by molar-refractivity contribution is 6.11. The Labute approximate surface area is 324 Å². The van der Waals surface area contributed by atoms with Gasteiger partial charge in [-0.05, 0) is 88.8 Å². The second-order valence-electron chi connectivity index (χ2n) is 14.1. The van der Waals surface area contributed by atoms with Crippen LogP contribution in [0.15, 0.2) is 211 Å². The van der Waals surface area contributed by atoms with Gasteiger partial charge in [-0.3, -0.25) is 0 Å². The van der Waals surface area contributed by atoms with Crippen molar-refractivity contribution in [1.82, 2.24) is 0 Å². The molecule has 1 aliphatic heterocycles. The van der Waals surface area contributed by atoms with E-state index in [0.717, 1.165) is 95.0 Å². The first-order valence-electron chi connectivity index (χ1n) is 18.9. The SMILES string of the molecule is c1ccc(-c2ccc(N(c3cc4c5c(cccc5c3)-c3ccc(N(c5ccccc5)c5ccccc5)cc3O4)c3cccc4c3oc3ccccc34)cc2)cc1. The van der Waals surface area contributed by atoms with E-state index in [1.807, 2.05) is 24.3 Å². The fourth-order valence-electron chi connectivity index (χ4n) is 8.25. The van der Waals surface area contributed by atoms with Gasteiger partial charge >= 0.3 is 0 Å². The number of anilines is 6. The number of fused-ring (bicyclic) bond motifs is 5. The summed E-state index contributed by atoms with van der Waals surface area (Å²) in [6.45, 7) is 0. The molecule has 0 atom stereocenters. The minimum atomic E-state index is 0.811. The maximum atomic E-state index is 7.01. The highest BCUT2D eigenvalue weighted by atomic mass is 16.5. The van der Waals surface area contributed by atoms with Crippen LogP contribution in [0.5, 0.6) is 11.5 Å². The predicted octanol–water partition coefficient (Wildman–Crippen LogP) is 15.1. The van der Waals surface area contributed by atoms with Crippen LogP contribution in [0.3, 0.4) is 0 Å². The quantitative estimate of drug-likeness (QED) is 0.164. The second kappa shape index (κ2) is 13.1. The van der Waals surface area contributed by atoms with E-state index in [0.29, 0.717) is 0 Å². The zero-order valence-electron chi connectivity index (χ0n) is 30.3. The van der Waals surface area contributed by atoms with Gasteiger partial charge in [0.05, 0.1) is 11.4 Å². The third kappa shape index (κ3) is 5.31.